The maximum absolute atomic E-state index is 13.3. The Morgan fingerprint density at radius 2 is 1.83 bits per heavy atom. The van der Waals surface area contributed by atoms with Crippen molar-refractivity contribution in [2.45, 2.75) is 44.2 Å². The fourth-order valence-corrected chi connectivity index (χ4v) is 4.56. The summed E-state index contributed by atoms with van der Waals surface area (Å²) >= 11 is 0. The fraction of sp³-hybridized carbons (Fsp3) is 0.429. The number of carbonyl (C=O) groups is 3. The molecule has 2 aromatic carbocycles. The minimum atomic E-state index is -0.724. The summed E-state index contributed by atoms with van der Waals surface area (Å²) in [6.07, 6.45) is 2.28. The molecule has 0 radical (unpaired) electrons. The van der Waals surface area contributed by atoms with Crippen molar-refractivity contribution in [3.05, 3.63) is 70.8 Å². The van der Waals surface area contributed by atoms with Crippen molar-refractivity contribution >= 4 is 17.7 Å². The third-order valence-corrected chi connectivity index (χ3v) is 7.02. The van der Waals surface area contributed by atoms with E-state index < -0.39 is 6.04 Å². The van der Waals surface area contributed by atoms with E-state index in [2.05, 4.69) is 41.8 Å². The highest BCUT2D eigenvalue weighted by atomic mass is 16.2. The molecule has 3 amide bonds. The Morgan fingerprint density at radius 3 is 2.50 bits per heavy atom. The van der Waals surface area contributed by atoms with Gasteiger partial charge in [0.25, 0.3) is 5.91 Å². The average Bonchev–Trinajstić information content (AvgIpc) is 3.67. The molecule has 3 atom stereocenters. The molecule has 4 rings (SSSR count). The SMILES string of the molecule is Cc1ccc([C@@H]2C[C@H]2NCCC[C@H](NC(=O)c2ccc(C#N)cc2)C(=O)N2CCN(C)C(=O)C2)cc1. The summed E-state index contributed by atoms with van der Waals surface area (Å²) in [6.45, 7) is 3.78. The van der Waals surface area contributed by atoms with Crippen molar-refractivity contribution in [2.24, 2.45) is 0 Å². The molecule has 2 N–H and O–H groups in total. The second kappa shape index (κ2) is 11.4. The minimum absolute atomic E-state index is 0.0249. The van der Waals surface area contributed by atoms with Crippen molar-refractivity contribution in [3.63, 3.8) is 0 Å². The summed E-state index contributed by atoms with van der Waals surface area (Å²) in [6, 6.07) is 16.7. The molecular weight excluding hydrogens is 454 g/mol. The number of nitrogens with one attached hydrogen (secondary N) is 2. The van der Waals surface area contributed by atoms with Crippen molar-refractivity contribution in [1.82, 2.24) is 20.4 Å². The van der Waals surface area contributed by atoms with Crippen LogP contribution in [-0.2, 0) is 9.59 Å². The molecule has 1 saturated carbocycles. The van der Waals surface area contributed by atoms with Gasteiger partial charge in [0.2, 0.25) is 11.8 Å². The third-order valence-electron chi connectivity index (χ3n) is 7.02. The zero-order valence-corrected chi connectivity index (χ0v) is 20.9. The van der Waals surface area contributed by atoms with E-state index in [9.17, 15) is 14.4 Å². The number of hydrogen-bond acceptors (Lipinski definition) is 5. The topological polar surface area (TPSA) is 106 Å². The van der Waals surface area contributed by atoms with E-state index in [-0.39, 0.29) is 24.3 Å². The van der Waals surface area contributed by atoms with Gasteiger partial charge in [-0.25, -0.2) is 0 Å². The van der Waals surface area contributed by atoms with Gasteiger partial charge in [-0.05, 0) is 62.6 Å². The van der Waals surface area contributed by atoms with E-state index in [1.807, 2.05) is 6.07 Å². The van der Waals surface area contributed by atoms with Crippen LogP contribution in [-0.4, -0.2) is 72.8 Å². The molecule has 8 nitrogen and oxygen atoms in total. The number of aryl methyl sites for hydroxylation is 1. The van der Waals surface area contributed by atoms with Crippen molar-refractivity contribution in [2.75, 3.05) is 33.2 Å². The Bertz CT molecular complexity index is 1140. The van der Waals surface area contributed by atoms with Crippen molar-refractivity contribution < 1.29 is 14.4 Å². The largest absolute Gasteiger partial charge is 0.342 e. The molecule has 188 valence electrons. The summed E-state index contributed by atoms with van der Waals surface area (Å²) in [5, 5.41) is 15.4. The van der Waals surface area contributed by atoms with E-state index >= 15 is 0 Å². The molecule has 0 bridgehead atoms. The van der Waals surface area contributed by atoms with Gasteiger partial charge in [0.05, 0.1) is 18.2 Å². The molecule has 1 heterocycles. The molecule has 36 heavy (non-hydrogen) atoms. The number of amides is 3. The summed E-state index contributed by atoms with van der Waals surface area (Å²) < 4.78 is 0. The maximum atomic E-state index is 13.3. The van der Waals surface area contributed by atoms with Gasteiger partial charge in [-0.3, -0.25) is 14.4 Å². The van der Waals surface area contributed by atoms with Crippen molar-refractivity contribution in [1.29, 1.82) is 5.26 Å². The smallest absolute Gasteiger partial charge is 0.251 e. The number of benzene rings is 2. The van der Waals surface area contributed by atoms with Gasteiger partial charge < -0.3 is 20.4 Å². The van der Waals surface area contributed by atoms with Gasteiger partial charge in [0.1, 0.15) is 6.04 Å². The van der Waals surface area contributed by atoms with Crippen LogP contribution in [0.5, 0.6) is 0 Å². The van der Waals surface area contributed by atoms with Gasteiger partial charge >= 0.3 is 0 Å². The molecule has 1 aliphatic carbocycles. The molecule has 8 heteroatoms. The van der Waals surface area contributed by atoms with E-state index in [0.717, 1.165) is 13.0 Å². The Kier molecular flexibility index (Phi) is 8.01. The summed E-state index contributed by atoms with van der Waals surface area (Å²) in [7, 11) is 1.72. The molecule has 0 unspecified atom stereocenters. The lowest BCUT2D eigenvalue weighted by atomic mass is 10.1. The first-order chi connectivity index (χ1) is 17.4. The Balaban J connectivity index is 1.33. The highest BCUT2D eigenvalue weighted by Crippen LogP contribution is 2.40. The van der Waals surface area contributed by atoms with Crippen LogP contribution in [0.4, 0.5) is 0 Å². The number of likely N-dealkylation sites (N-methyl/N-ethyl adjacent to an activating group) is 1. The quantitative estimate of drug-likeness (QED) is 0.528. The van der Waals surface area contributed by atoms with Crippen LogP contribution >= 0.6 is 0 Å². The number of nitriles is 1. The molecule has 2 aliphatic rings. The first-order valence-electron chi connectivity index (χ1n) is 12.5. The third kappa shape index (κ3) is 6.29. The molecule has 1 saturated heterocycles. The number of nitrogens with zero attached hydrogens (tertiary/aromatic N) is 3. The average molecular weight is 488 g/mol. The van der Waals surface area contributed by atoms with E-state index in [1.54, 1.807) is 36.2 Å². The van der Waals surface area contributed by atoms with Crippen LogP contribution in [0.15, 0.2) is 48.5 Å². The summed E-state index contributed by atoms with van der Waals surface area (Å²) in [5.41, 5.74) is 3.45. The molecule has 2 aromatic rings. The lowest BCUT2D eigenvalue weighted by Crippen LogP contribution is -2.56. The number of hydrogen-bond donors (Lipinski definition) is 2. The standard InChI is InChI=1S/C28H33N5O3/c1-19-5-9-21(10-6-19)23-16-25(23)30-13-3-4-24(28(36)33-15-14-32(2)26(34)18-33)31-27(35)22-11-7-20(17-29)8-12-22/h5-12,23-25,30H,3-4,13-16,18H2,1-2H3,(H,31,35)/t23-,24-,25+/m0/s1. The zero-order valence-electron chi connectivity index (χ0n) is 20.9. The number of rotatable bonds is 9. The summed E-state index contributed by atoms with van der Waals surface area (Å²) in [5.74, 6) is -0.185. The maximum Gasteiger partial charge on any atom is 0.251 e. The number of piperazine rings is 1. The molecule has 2 fully saturated rings. The molecular formula is C28H33N5O3. The van der Waals surface area contributed by atoms with Gasteiger partial charge in [0.15, 0.2) is 0 Å². The molecule has 0 aromatic heterocycles. The van der Waals surface area contributed by atoms with Crippen LogP contribution in [0.3, 0.4) is 0 Å². The Morgan fingerprint density at radius 1 is 1.11 bits per heavy atom. The fourth-order valence-electron chi connectivity index (χ4n) is 4.56. The Labute approximate surface area is 212 Å². The lowest BCUT2D eigenvalue weighted by Gasteiger charge is -2.34. The Hall–Kier alpha value is -3.70. The van der Waals surface area contributed by atoms with Crippen LogP contribution in [0.25, 0.3) is 0 Å². The highest BCUT2D eigenvalue weighted by molar-refractivity contribution is 5.98. The minimum Gasteiger partial charge on any atom is -0.342 e. The van der Waals surface area contributed by atoms with Crippen LogP contribution in [0.1, 0.15) is 52.2 Å². The second-order valence-electron chi connectivity index (χ2n) is 9.75. The van der Waals surface area contributed by atoms with E-state index in [1.165, 1.54) is 16.0 Å². The van der Waals surface area contributed by atoms with Crippen LogP contribution < -0.4 is 10.6 Å². The van der Waals surface area contributed by atoms with E-state index in [4.69, 9.17) is 5.26 Å². The van der Waals surface area contributed by atoms with Crippen LogP contribution in [0, 0.1) is 18.3 Å². The molecule has 1 aliphatic heterocycles. The van der Waals surface area contributed by atoms with Crippen molar-refractivity contribution in [3.8, 4) is 6.07 Å². The van der Waals surface area contributed by atoms with Gasteiger partial charge in [0, 0.05) is 37.7 Å². The number of carbonyl (C=O) groups excluding carboxylic acids is 3. The highest BCUT2D eigenvalue weighted by Gasteiger charge is 2.37. The van der Waals surface area contributed by atoms with Gasteiger partial charge in [-0.15, -0.1) is 0 Å². The first-order valence-corrected chi connectivity index (χ1v) is 12.5. The normalized spacial score (nSPS) is 20.0. The second-order valence-corrected chi connectivity index (χ2v) is 9.75. The van der Waals surface area contributed by atoms with Gasteiger partial charge in [-0.1, -0.05) is 29.8 Å². The molecule has 0 spiro atoms. The van der Waals surface area contributed by atoms with Gasteiger partial charge in [-0.2, -0.15) is 5.26 Å². The first kappa shape index (κ1) is 25.4. The monoisotopic (exact) mass is 487 g/mol. The summed E-state index contributed by atoms with van der Waals surface area (Å²) in [4.78, 5) is 41.5. The van der Waals surface area contributed by atoms with Crippen LogP contribution in [0.2, 0.25) is 0 Å². The van der Waals surface area contributed by atoms with E-state index in [0.29, 0.717) is 49.0 Å². The zero-order chi connectivity index (χ0) is 25.7. The predicted octanol–water partition coefficient (Wildman–Crippen LogP) is 2.19. The predicted molar refractivity (Wildman–Crippen MR) is 136 cm³/mol. The lowest BCUT2D eigenvalue weighted by molar-refractivity contribution is -0.145.